The highest BCUT2D eigenvalue weighted by Crippen LogP contribution is 2.12. The van der Waals surface area contributed by atoms with Gasteiger partial charge in [0.05, 0.1) is 6.10 Å². The highest BCUT2D eigenvalue weighted by Gasteiger charge is 2.04. The number of carbonyl (C=O) groups is 1. The van der Waals surface area contributed by atoms with Gasteiger partial charge in [-0.3, -0.25) is 4.79 Å². The molecule has 21 heavy (non-hydrogen) atoms. The molecule has 1 N–H and O–H groups in total. The van der Waals surface area contributed by atoms with Gasteiger partial charge in [0, 0.05) is 6.42 Å². The fourth-order valence-corrected chi connectivity index (χ4v) is 2.40. The van der Waals surface area contributed by atoms with Gasteiger partial charge >= 0.3 is 5.97 Å². The van der Waals surface area contributed by atoms with E-state index in [1.54, 1.807) is 6.92 Å². The normalized spacial score (nSPS) is 12.3. The van der Waals surface area contributed by atoms with Crippen molar-refractivity contribution < 1.29 is 14.6 Å². The predicted octanol–water partition coefficient (Wildman–Crippen LogP) is 5.00. The smallest absolute Gasteiger partial charge is 0.305 e. The van der Waals surface area contributed by atoms with E-state index in [1.165, 1.54) is 64.2 Å². The fourth-order valence-electron chi connectivity index (χ4n) is 2.40. The second-order valence-electron chi connectivity index (χ2n) is 6.17. The molecule has 0 rings (SSSR count). The molecule has 0 aliphatic carbocycles. The minimum absolute atomic E-state index is 0.122. The maximum Gasteiger partial charge on any atom is 0.305 e. The zero-order chi connectivity index (χ0) is 15.8. The molecule has 3 nitrogen and oxygen atoms in total. The maximum absolute atomic E-state index is 11.3. The molecular weight excluding hydrogens is 264 g/mol. The standard InChI is InChI=1S/C18H36O3/c1-3-4-5-6-7-8-9-10-11-12-13-14-15-18(20)21-16-17(2)19/h17,19H,3-16H2,1-2H3. The highest BCUT2D eigenvalue weighted by atomic mass is 16.5. The summed E-state index contributed by atoms with van der Waals surface area (Å²) in [4.78, 5) is 11.3. The van der Waals surface area contributed by atoms with Gasteiger partial charge in [-0.15, -0.1) is 0 Å². The van der Waals surface area contributed by atoms with Crippen molar-refractivity contribution in [2.75, 3.05) is 6.61 Å². The molecule has 0 aromatic rings. The number of rotatable bonds is 15. The molecule has 3 heteroatoms. The van der Waals surface area contributed by atoms with Gasteiger partial charge in [0.25, 0.3) is 0 Å². The number of unbranched alkanes of at least 4 members (excludes halogenated alkanes) is 11. The first-order valence-corrected chi connectivity index (χ1v) is 9.00. The van der Waals surface area contributed by atoms with Crippen molar-refractivity contribution in [1.82, 2.24) is 0 Å². The van der Waals surface area contributed by atoms with Gasteiger partial charge in [0.1, 0.15) is 6.61 Å². The molecular formula is C18H36O3. The molecule has 0 fully saturated rings. The topological polar surface area (TPSA) is 46.5 Å². The van der Waals surface area contributed by atoms with Crippen LogP contribution in [0.15, 0.2) is 0 Å². The van der Waals surface area contributed by atoms with Gasteiger partial charge in [0.2, 0.25) is 0 Å². The Kier molecular flexibility index (Phi) is 15.4. The fraction of sp³-hybridized carbons (Fsp3) is 0.944. The molecule has 0 aromatic carbocycles. The molecule has 0 saturated heterocycles. The SMILES string of the molecule is CCCCCCCCCCCCCCC(=O)OCC(C)O. The van der Waals surface area contributed by atoms with E-state index in [0.717, 1.165) is 12.8 Å². The second-order valence-corrected chi connectivity index (χ2v) is 6.17. The van der Waals surface area contributed by atoms with Crippen molar-refractivity contribution >= 4 is 5.97 Å². The number of aliphatic hydroxyl groups is 1. The van der Waals surface area contributed by atoms with Crippen molar-refractivity contribution in [2.45, 2.75) is 103 Å². The third-order valence-electron chi connectivity index (χ3n) is 3.72. The molecule has 126 valence electrons. The van der Waals surface area contributed by atoms with E-state index in [-0.39, 0.29) is 12.6 Å². The Labute approximate surface area is 131 Å². The second kappa shape index (κ2) is 15.8. The molecule has 1 atom stereocenters. The van der Waals surface area contributed by atoms with Crippen molar-refractivity contribution in [3.05, 3.63) is 0 Å². The van der Waals surface area contributed by atoms with E-state index in [9.17, 15) is 4.79 Å². The molecule has 0 heterocycles. The summed E-state index contributed by atoms with van der Waals surface area (Å²) >= 11 is 0. The van der Waals surface area contributed by atoms with E-state index in [0.29, 0.717) is 6.42 Å². The summed E-state index contributed by atoms with van der Waals surface area (Å²) in [5.74, 6) is -0.178. The van der Waals surface area contributed by atoms with E-state index >= 15 is 0 Å². The summed E-state index contributed by atoms with van der Waals surface area (Å²) in [5, 5.41) is 9.00. The van der Waals surface area contributed by atoms with Gasteiger partial charge in [-0.05, 0) is 13.3 Å². The average Bonchev–Trinajstić information content (AvgIpc) is 2.46. The molecule has 0 aliphatic heterocycles. The van der Waals surface area contributed by atoms with Crippen molar-refractivity contribution in [2.24, 2.45) is 0 Å². The molecule has 0 aromatic heterocycles. The van der Waals surface area contributed by atoms with E-state index < -0.39 is 6.10 Å². The predicted molar refractivity (Wildman–Crippen MR) is 88.3 cm³/mol. The Hall–Kier alpha value is -0.570. The lowest BCUT2D eigenvalue weighted by Gasteiger charge is -2.06. The van der Waals surface area contributed by atoms with Crippen molar-refractivity contribution in [1.29, 1.82) is 0 Å². The van der Waals surface area contributed by atoms with Crippen LogP contribution >= 0.6 is 0 Å². The quantitative estimate of drug-likeness (QED) is 0.342. The Bertz CT molecular complexity index is 227. The first-order valence-electron chi connectivity index (χ1n) is 9.00. The van der Waals surface area contributed by atoms with Crippen LogP contribution in [0.3, 0.4) is 0 Å². The van der Waals surface area contributed by atoms with Gasteiger partial charge < -0.3 is 9.84 Å². The van der Waals surface area contributed by atoms with Crippen LogP contribution in [-0.4, -0.2) is 23.8 Å². The number of ether oxygens (including phenoxy) is 1. The summed E-state index contributed by atoms with van der Waals surface area (Å²) in [6.45, 7) is 4.00. The highest BCUT2D eigenvalue weighted by molar-refractivity contribution is 5.69. The summed E-state index contributed by atoms with van der Waals surface area (Å²) in [6, 6.07) is 0. The first-order chi connectivity index (χ1) is 10.2. The third-order valence-corrected chi connectivity index (χ3v) is 3.72. The van der Waals surface area contributed by atoms with Gasteiger partial charge in [-0.25, -0.2) is 0 Å². The van der Waals surface area contributed by atoms with Crippen molar-refractivity contribution in [3.8, 4) is 0 Å². The van der Waals surface area contributed by atoms with Crippen LogP contribution in [0, 0.1) is 0 Å². The summed E-state index contributed by atoms with van der Waals surface area (Å²) in [5.41, 5.74) is 0. The maximum atomic E-state index is 11.3. The van der Waals surface area contributed by atoms with Gasteiger partial charge in [0.15, 0.2) is 0 Å². The summed E-state index contributed by atoms with van der Waals surface area (Å²) < 4.78 is 4.91. The van der Waals surface area contributed by atoms with Crippen molar-refractivity contribution in [3.63, 3.8) is 0 Å². The van der Waals surface area contributed by atoms with Gasteiger partial charge in [-0.2, -0.15) is 0 Å². The summed E-state index contributed by atoms with van der Waals surface area (Å²) in [7, 11) is 0. The van der Waals surface area contributed by atoms with Crippen LogP contribution in [-0.2, 0) is 9.53 Å². The first kappa shape index (κ1) is 20.4. The minimum atomic E-state index is -0.559. The van der Waals surface area contributed by atoms with E-state index in [4.69, 9.17) is 9.84 Å². The number of carbonyl (C=O) groups excluding carboxylic acids is 1. The van der Waals surface area contributed by atoms with Crippen LogP contribution < -0.4 is 0 Å². The lowest BCUT2D eigenvalue weighted by Crippen LogP contribution is -2.14. The Morgan fingerprint density at radius 1 is 0.857 bits per heavy atom. The molecule has 0 spiro atoms. The monoisotopic (exact) mass is 300 g/mol. The molecule has 0 saturated carbocycles. The zero-order valence-electron chi connectivity index (χ0n) is 14.2. The minimum Gasteiger partial charge on any atom is -0.463 e. The van der Waals surface area contributed by atoms with Gasteiger partial charge in [-0.1, -0.05) is 77.6 Å². The summed E-state index contributed by atoms with van der Waals surface area (Å²) in [6.07, 6.45) is 15.5. The number of aliphatic hydroxyl groups excluding tert-OH is 1. The lowest BCUT2D eigenvalue weighted by molar-refractivity contribution is -0.146. The van der Waals surface area contributed by atoms with Crippen LogP contribution in [0.4, 0.5) is 0 Å². The number of esters is 1. The van der Waals surface area contributed by atoms with Crippen LogP contribution in [0.5, 0.6) is 0 Å². The average molecular weight is 300 g/mol. The van der Waals surface area contributed by atoms with Crippen LogP contribution in [0.2, 0.25) is 0 Å². The largest absolute Gasteiger partial charge is 0.463 e. The molecule has 0 aliphatic rings. The Morgan fingerprint density at radius 2 is 1.29 bits per heavy atom. The van der Waals surface area contributed by atoms with E-state index in [1.807, 2.05) is 0 Å². The zero-order valence-corrected chi connectivity index (χ0v) is 14.2. The van der Waals surface area contributed by atoms with E-state index in [2.05, 4.69) is 6.92 Å². The lowest BCUT2D eigenvalue weighted by atomic mass is 10.0. The number of hydrogen-bond donors (Lipinski definition) is 1. The molecule has 1 unspecified atom stereocenters. The van der Waals surface area contributed by atoms with Crippen LogP contribution in [0.25, 0.3) is 0 Å². The number of hydrogen-bond acceptors (Lipinski definition) is 3. The molecule has 0 radical (unpaired) electrons. The molecule has 0 amide bonds. The Balaban J connectivity index is 3.10. The Morgan fingerprint density at radius 3 is 1.71 bits per heavy atom. The third kappa shape index (κ3) is 17.4. The molecule has 0 bridgehead atoms. The van der Waals surface area contributed by atoms with Crippen LogP contribution in [0.1, 0.15) is 97.3 Å².